The standard InChI is InChI=1S/C22H42O4/c1-17(2,3)13-22(12,16(25)26)20(9,10)19(7,8)14-21(11,15(23)24)18(4,5)6/h13-14H2,1-12H3,(H,23,24)(H,25,26). The van der Waals surface area contributed by atoms with Gasteiger partial charge in [0.2, 0.25) is 0 Å². The zero-order valence-electron chi connectivity index (χ0n) is 19.1. The minimum atomic E-state index is -0.980. The number of hydrogen-bond acceptors (Lipinski definition) is 2. The molecule has 2 atom stereocenters. The molecule has 0 fully saturated rings. The van der Waals surface area contributed by atoms with Gasteiger partial charge >= 0.3 is 11.9 Å². The quantitative estimate of drug-likeness (QED) is 0.568. The minimum Gasteiger partial charge on any atom is -0.481 e. The summed E-state index contributed by atoms with van der Waals surface area (Å²) in [6.07, 6.45) is 0.921. The first kappa shape index (κ1) is 24.9. The summed E-state index contributed by atoms with van der Waals surface area (Å²) in [7, 11) is 0. The first-order valence-electron chi connectivity index (χ1n) is 9.52. The van der Waals surface area contributed by atoms with Crippen LogP contribution in [0.15, 0.2) is 0 Å². The Labute approximate surface area is 160 Å². The second-order valence-corrected chi connectivity index (χ2v) is 11.9. The summed E-state index contributed by atoms with van der Waals surface area (Å²) < 4.78 is 0. The van der Waals surface area contributed by atoms with Crippen molar-refractivity contribution < 1.29 is 19.8 Å². The summed E-state index contributed by atoms with van der Waals surface area (Å²) in [5.41, 5.74) is -3.68. The molecule has 0 rings (SSSR count). The van der Waals surface area contributed by atoms with Crippen LogP contribution >= 0.6 is 0 Å². The minimum absolute atomic E-state index is 0.152. The van der Waals surface area contributed by atoms with E-state index >= 15 is 0 Å². The Bertz CT molecular complexity index is 545. The van der Waals surface area contributed by atoms with Gasteiger partial charge in [0.1, 0.15) is 0 Å². The number of hydrogen-bond donors (Lipinski definition) is 2. The van der Waals surface area contributed by atoms with E-state index in [0.29, 0.717) is 12.8 Å². The molecule has 0 saturated heterocycles. The van der Waals surface area contributed by atoms with Gasteiger partial charge in [0, 0.05) is 0 Å². The van der Waals surface area contributed by atoms with Gasteiger partial charge in [-0.15, -0.1) is 0 Å². The topological polar surface area (TPSA) is 74.6 Å². The van der Waals surface area contributed by atoms with Crippen molar-refractivity contribution in [3.05, 3.63) is 0 Å². The Balaban J connectivity index is 6.30. The summed E-state index contributed by atoms with van der Waals surface area (Å²) in [5.74, 6) is -1.65. The van der Waals surface area contributed by atoms with Gasteiger partial charge in [-0.1, -0.05) is 69.2 Å². The van der Waals surface area contributed by atoms with Crippen LogP contribution in [0.4, 0.5) is 0 Å². The molecule has 0 aromatic carbocycles. The average molecular weight is 371 g/mol. The van der Waals surface area contributed by atoms with Gasteiger partial charge in [-0.05, 0) is 48.3 Å². The van der Waals surface area contributed by atoms with Crippen molar-refractivity contribution in [2.45, 2.75) is 95.9 Å². The van der Waals surface area contributed by atoms with Gasteiger partial charge < -0.3 is 10.2 Å². The Morgan fingerprint density at radius 3 is 1.19 bits per heavy atom. The van der Waals surface area contributed by atoms with Gasteiger partial charge in [0.25, 0.3) is 0 Å². The second kappa shape index (κ2) is 6.83. The van der Waals surface area contributed by atoms with Gasteiger partial charge in [-0.2, -0.15) is 0 Å². The van der Waals surface area contributed by atoms with Crippen LogP contribution in [0.2, 0.25) is 0 Å². The van der Waals surface area contributed by atoms with Crippen LogP contribution in [0.1, 0.15) is 95.9 Å². The van der Waals surface area contributed by atoms with E-state index in [9.17, 15) is 19.8 Å². The Kier molecular flexibility index (Phi) is 6.55. The lowest BCUT2D eigenvalue weighted by Crippen LogP contribution is -2.55. The predicted molar refractivity (Wildman–Crippen MR) is 107 cm³/mol. The zero-order valence-corrected chi connectivity index (χ0v) is 19.1. The Hall–Kier alpha value is -1.06. The Morgan fingerprint density at radius 1 is 0.615 bits per heavy atom. The number of carboxylic acids is 2. The molecule has 0 saturated carbocycles. The lowest BCUT2D eigenvalue weighted by Gasteiger charge is -2.56. The van der Waals surface area contributed by atoms with Crippen LogP contribution in [0.5, 0.6) is 0 Å². The molecule has 0 aromatic rings. The molecular formula is C22H42O4. The zero-order chi connectivity index (χ0) is 21.6. The third kappa shape index (κ3) is 4.43. The molecule has 0 bridgehead atoms. The third-order valence-corrected chi connectivity index (χ3v) is 7.35. The highest BCUT2D eigenvalue weighted by Gasteiger charge is 2.59. The fourth-order valence-corrected chi connectivity index (χ4v) is 4.14. The lowest BCUT2D eigenvalue weighted by molar-refractivity contribution is -0.174. The summed E-state index contributed by atoms with van der Waals surface area (Å²) in [5, 5.41) is 20.1. The van der Waals surface area contributed by atoms with E-state index in [0.717, 1.165) is 0 Å². The molecule has 4 nitrogen and oxygen atoms in total. The van der Waals surface area contributed by atoms with Gasteiger partial charge in [0.05, 0.1) is 10.8 Å². The first-order chi connectivity index (χ1) is 11.1. The van der Waals surface area contributed by atoms with Crippen LogP contribution in [0.25, 0.3) is 0 Å². The third-order valence-electron chi connectivity index (χ3n) is 7.35. The molecule has 0 radical (unpaired) electrons. The first-order valence-corrected chi connectivity index (χ1v) is 9.52. The molecule has 2 N–H and O–H groups in total. The van der Waals surface area contributed by atoms with Crippen LogP contribution in [0.3, 0.4) is 0 Å². The molecule has 0 aliphatic carbocycles. The number of carbonyl (C=O) groups is 2. The van der Waals surface area contributed by atoms with Gasteiger partial charge in [-0.3, -0.25) is 9.59 Å². The van der Waals surface area contributed by atoms with Crippen molar-refractivity contribution >= 4 is 11.9 Å². The van der Waals surface area contributed by atoms with Crippen molar-refractivity contribution in [3.63, 3.8) is 0 Å². The SMILES string of the molecule is CC(C)(C)CC(C)(C(=O)O)C(C)(C)C(C)(C)CC(C)(C(=O)O)C(C)(C)C. The molecule has 0 amide bonds. The molecule has 26 heavy (non-hydrogen) atoms. The van der Waals surface area contributed by atoms with E-state index in [2.05, 4.69) is 0 Å². The maximum Gasteiger partial charge on any atom is 0.309 e. The molecule has 0 heterocycles. The summed E-state index contributed by atoms with van der Waals surface area (Å²) >= 11 is 0. The van der Waals surface area contributed by atoms with E-state index in [-0.39, 0.29) is 5.41 Å². The summed E-state index contributed by atoms with van der Waals surface area (Å²) in [6.45, 7) is 23.6. The molecule has 0 aliphatic rings. The normalized spacial score (nSPS) is 18.8. The maximum atomic E-state index is 12.4. The van der Waals surface area contributed by atoms with Crippen LogP contribution < -0.4 is 0 Å². The maximum absolute atomic E-state index is 12.4. The fourth-order valence-electron chi connectivity index (χ4n) is 4.14. The van der Waals surface area contributed by atoms with Crippen LogP contribution in [-0.4, -0.2) is 22.2 Å². The smallest absolute Gasteiger partial charge is 0.309 e. The Morgan fingerprint density at radius 2 is 0.962 bits per heavy atom. The molecule has 154 valence electrons. The number of carboxylic acid groups (broad SMARTS) is 2. The van der Waals surface area contributed by atoms with Crippen molar-refractivity contribution in [2.24, 2.45) is 32.5 Å². The molecule has 0 aliphatic heterocycles. The number of aliphatic carboxylic acids is 2. The highest BCUT2D eigenvalue weighted by molar-refractivity contribution is 5.76. The van der Waals surface area contributed by atoms with Crippen LogP contribution in [-0.2, 0) is 9.59 Å². The summed E-state index contributed by atoms with van der Waals surface area (Å²) in [6, 6.07) is 0. The molecule has 4 heteroatoms. The molecular weight excluding hydrogens is 328 g/mol. The van der Waals surface area contributed by atoms with Crippen molar-refractivity contribution in [1.29, 1.82) is 0 Å². The van der Waals surface area contributed by atoms with E-state index in [1.54, 1.807) is 6.92 Å². The highest BCUT2D eigenvalue weighted by atomic mass is 16.4. The largest absolute Gasteiger partial charge is 0.481 e. The van der Waals surface area contributed by atoms with Gasteiger partial charge in [0.15, 0.2) is 0 Å². The monoisotopic (exact) mass is 370 g/mol. The van der Waals surface area contributed by atoms with E-state index in [4.69, 9.17) is 0 Å². The van der Waals surface area contributed by atoms with Crippen molar-refractivity contribution in [1.82, 2.24) is 0 Å². The highest BCUT2D eigenvalue weighted by Crippen LogP contribution is 2.60. The predicted octanol–water partition coefficient (Wildman–Crippen LogP) is 6.09. The van der Waals surface area contributed by atoms with Gasteiger partial charge in [-0.25, -0.2) is 0 Å². The lowest BCUT2D eigenvalue weighted by atomic mass is 9.47. The number of rotatable bonds is 7. The van der Waals surface area contributed by atoms with Crippen molar-refractivity contribution in [3.8, 4) is 0 Å². The summed E-state index contributed by atoms with van der Waals surface area (Å²) in [4.78, 5) is 24.5. The molecule has 2 unspecified atom stereocenters. The van der Waals surface area contributed by atoms with Crippen molar-refractivity contribution in [2.75, 3.05) is 0 Å². The van der Waals surface area contributed by atoms with E-state index in [1.807, 2.05) is 76.2 Å². The second-order valence-electron chi connectivity index (χ2n) is 11.9. The molecule has 0 aromatic heterocycles. The van der Waals surface area contributed by atoms with Crippen LogP contribution in [0, 0.1) is 32.5 Å². The molecule has 0 spiro atoms. The average Bonchev–Trinajstić information content (AvgIpc) is 2.33. The van der Waals surface area contributed by atoms with E-state index < -0.39 is 39.0 Å². The fraction of sp³-hybridized carbons (Fsp3) is 0.909. The van der Waals surface area contributed by atoms with E-state index in [1.165, 1.54) is 0 Å².